The van der Waals surface area contributed by atoms with E-state index in [4.69, 9.17) is 4.74 Å². The minimum Gasteiger partial charge on any atom is -0.466 e. The van der Waals surface area contributed by atoms with E-state index in [1.165, 1.54) is 7.11 Å². The molecule has 13 heavy (non-hydrogen) atoms. The van der Waals surface area contributed by atoms with Crippen molar-refractivity contribution in [1.82, 2.24) is 0 Å². The molecular weight excluding hydrogens is 172 g/mol. The molecule has 0 N–H and O–H groups in total. The largest absolute Gasteiger partial charge is 0.466 e. The predicted molar refractivity (Wildman–Crippen MR) is 45.0 cm³/mol. The molecule has 70 valence electrons. The summed E-state index contributed by atoms with van der Waals surface area (Å²) in [5, 5.41) is 0. The fourth-order valence-corrected chi connectivity index (χ4v) is 1.02. The molecule has 1 aliphatic heterocycles. The second kappa shape index (κ2) is 4.00. The Balaban J connectivity index is 2.71. The number of esters is 1. The highest BCUT2D eigenvalue weighted by atomic mass is 16.6. The standard InChI is InChI=1S/C9H10O4/c1-3-7-8(13-7)6(4-5-10)9(11)12-2/h3-5,7-8H,1H2,2H3/b6-4+/t7-,8+/m1/s1. The molecule has 1 aliphatic rings. The van der Waals surface area contributed by atoms with E-state index in [1.54, 1.807) is 6.08 Å². The number of hydrogen-bond acceptors (Lipinski definition) is 4. The van der Waals surface area contributed by atoms with E-state index in [0.29, 0.717) is 6.29 Å². The molecule has 0 spiro atoms. The van der Waals surface area contributed by atoms with Gasteiger partial charge in [0.05, 0.1) is 12.7 Å². The summed E-state index contributed by atoms with van der Waals surface area (Å²) in [6, 6.07) is 0. The number of hydrogen-bond donors (Lipinski definition) is 0. The number of aldehydes is 1. The molecule has 0 aromatic heterocycles. The minimum atomic E-state index is -0.540. The highest BCUT2D eigenvalue weighted by Crippen LogP contribution is 2.30. The molecule has 2 atom stereocenters. The summed E-state index contributed by atoms with van der Waals surface area (Å²) < 4.78 is 9.54. The Morgan fingerprint density at radius 3 is 2.69 bits per heavy atom. The first kappa shape index (κ1) is 9.67. The zero-order chi connectivity index (χ0) is 9.84. The fraction of sp³-hybridized carbons (Fsp3) is 0.333. The molecule has 1 fully saturated rings. The average Bonchev–Trinajstić information content (AvgIpc) is 2.92. The molecule has 0 bridgehead atoms. The third kappa shape index (κ3) is 2.03. The van der Waals surface area contributed by atoms with Crippen LogP contribution in [0.1, 0.15) is 0 Å². The fourth-order valence-electron chi connectivity index (χ4n) is 1.02. The first-order valence-corrected chi connectivity index (χ1v) is 3.76. The van der Waals surface area contributed by atoms with Gasteiger partial charge in [0.2, 0.25) is 0 Å². The van der Waals surface area contributed by atoms with Gasteiger partial charge in [0, 0.05) is 0 Å². The lowest BCUT2D eigenvalue weighted by Gasteiger charge is -1.98. The Hall–Kier alpha value is -1.42. The van der Waals surface area contributed by atoms with Crippen LogP contribution in [-0.2, 0) is 19.1 Å². The van der Waals surface area contributed by atoms with Gasteiger partial charge in [0.1, 0.15) is 18.5 Å². The maximum absolute atomic E-state index is 11.1. The number of ether oxygens (including phenoxy) is 2. The lowest BCUT2D eigenvalue weighted by atomic mass is 10.1. The van der Waals surface area contributed by atoms with Gasteiger partial charge < -0.3 is 9.47 Å². The number of methoxy groups -OCH3 is 1. The first-order valence-electron chi connectivity index (χ1n) is 3.76. The summed E-state index contributed by atoms with van der Waals surface area (Å²) in [5.74, 6) is -0.540. The van der Waals surface area contributed by atoms with Crippen LogP contribution in [0.2, 0.25) is 0 Å². The van der Waals surface area contributed by atoms with Crippen molar-refractivity contribution in [1.29, 1.82) is 0 Å². The van der Waals surface area contributed by atoms with Crippen LogP contribution in [0.25, 0.3) is 0 Å². The Morgan fingerprint density at radius 2 is 2.31 bits per heavy atom. The highest BCUT2D eigenvalue weighted by molar-refractivity contribution is 5.94. The van der Waals surface area contributed by atoms with Gasteiger partial charge in [-0.3, -0.25) is 4.79 Å². The molecule has 0 saturated carbocycles. The van der Waals surface area contributed by atoms with Crippen LogP contribution in [0.5, 0.6) is 0 Å². The number of carbonyl (C=O) groups is 2. The summed E-state index contributed by atoms with van der Waals surface area (Å²) in [6.45, 7) is 3.51. The van der Waals surface area contributed by atoms with E-state index >= 15 is 0 Å². The third-order valence-corrected chi connectivity index (χ3v) is 1.73. The van der Waals surface area contributed by atoms with Crippen LogP contribution in [-0.4, -0.2) is 31.6 Å². The molecule has 0 aliphatic carbocycles. The zero-order valence-electron chi connectivity index (χ0n) is 7.23. The monoisotopic (exact) mass is 182 g/mol. The van der Waals surface area contributed by atoms with Crippen LogP contribution in [0, 0.1) is 0 Å². The van der Waals surface area contributed by atoms with Crippen LogP contribution in [0.4, 0.5) is 0 Å². The van der Waals surface area contributed by atoms with Crippen molar-refractivity contribution in [3.8, 4) is 0 Å². The lowest BCUT2D eigenvalue weighted by Crippen LogP contribution is -2.11. The normalized spacial score (nSPS) is 26.4. The smallest absolute Gasteiger partial charge is 0.336 e. The summed E-state index contributed by atoms with van der Waals surface area (Å²) in [5.41, 5.74) is 0.238. The Labute approximate surface area is 75.8 Å². The van der Waals surface area contributed by atoms with Gasteiger partial charge in [0.15, 0.2) is 0 Å². The predicted octanol–water partition coefficient (Wildman–Crippen LogP) is 0.238. The molecular formula is C9H10O4. The van der Waals surface area contributed by atoms with Gasteiger partial charge in [-0.25, -0.2) is 4.79 Å². The van der Waals surface area contributed by atoms with E-state index in [9.17, 15) is 9.59 Å². The molecule has 1 rings (SSSR count). The van der Waals surface area contributed by atoms with E-state index < -0.39 is 5.97 Å². The van der Waals surface area contributed by atoms with Gasteiger partial charge >= 0.3 is 5.97 Å². The molecule has 0 amide bonds. The molecule has 0 aromatic rings. The van der Waals surface area contributed by atoms with E-state index in [-0.39, 0.29) is 17.8 Å². The van der Waals surface area contributed by atoms with Crippen molar-refractivity contribution in [2.75, 3.05) is 7.11 Å². The molecule has 0 unspecified atom stereocenters. The molecule has 4 heteroatoms. The maximum Gasteiger partial charge on any atom is 0.336 e. The van der Waals surface area contributed by atoms with Crippen LogP contribution in [0.15, 0.2) is 24.3 Å². The lowest BCUT2D eigenvalue weighted by molar-refractivity contribution is -0.136. The molecule has 1 saturated heterocycles. The highest BCUT2D eigenvalue weighted by Gasteiger charge is 2.42. The number of epoxide rings is 1. The zero-order valence-corrected chi connectivity index (χ0v) is 7.23. The Bertz CT molecular complexity index is 267. The Kier molecular flexibility index (Phi) is 2.97. The summed E-state index contributed by atoms with van der Waals surface area (Å²) in [6.07, 6.45) is 2.72. The van der Waals surface area contributed by atoms with Crippen molar-refractivity contribution in [2.45, 2.75) is 12.2 Å². The van der Waals surface area contributed by atoms with E-state index in [0.717, 1.165) is 6.08 Å². The van der Waals surface area contributed by atoms with Crippen LogP contribution >= 0.6 is 0 Å². The summed E-state index contributed by atoms with van der Waals surface area (Å²) >= 11 is 0. The van der Waals surface area contributed by atoms with Crippen molar-refractivity contribution >= 4 is 12.3 Å². The van der Waals surface area contributed by atoms with E-state index in [1.807, 2.05) is 0 Å². The maximum atomic E-state index is 11.1. The van der Waals surface area contributed by atoms with E-state index in [2.05, 4.69) is 11.3 Å². The molecule has 0 aromatic carbocycles. The van der Waals surface area contributed by atoms with Crippen molar-refractivity contribution < 1.29 is 19.1 Å². The summed E-state index contributed by atoms with van der Waals surface area (Å²) in [4.78, 5) is 21.3. The Morgan fingerprint density at radius 1 is 1.62 bits per heavy atom. The molecule has 0 radical (unpaired) electrons. The van der Waals surface area contributed by atoms with Gasteiger partial charge in [-0.2, -0.15) is 0 Å². The number of rotatable bonds is 4. The third-order valence-electron chi connectivity index (χ3n) is 1.73. The van der Waals surface area contributed by atoms with Crippen molar-refractivity contribution in [3.05, 3.63) is 24.3 Å². The SMILES string of the molecule is C=C[C@H]1O[C@H]1/C(=C\C=O)C(=O)OC. The molecule has 4 nitrogen and oxygen atoms in total. The molecule has 1 heterocycles. The average molecular weight is 182 g/mol. The second-order valence-corrected chi connectivity index (χ2v) is 2.51. The van der Waals surface area contributed by atoms with Gasteiger partial charge in [-0.15, -0.1) is 6.58 Å². The number of allylic oxidation sites excluding steroid dienone is 1. The topological polar surface area (TPSA) is 55.9 Å². The van der Waals surface area contributed by atoms with Crippen molar-refractivity contribution in [3.63, 3.8) is 0 Å². The van der Waals surface area contributed by atoms with Gasteiger partial charge in [-0.1, -0.05) is 6.08 Å². The van der Waals surface area contributed by atoms with Gasteiger partial charge in [-0.05, 0) is 6.08 Å². The number of carbonyl (C=O) groups excluding carboxylic acids is 2. The quantitative estimate of drug-likeness (QED) is 0.205. The van der Waals surface area contributed by atoms with Crippen LogP contribution < -0.4 is 0 Å². The minimum absolute atomic E-state index is 0.176. The summed E-state index contributed by atoms with van der Waals surface area (Å²) in [7, 11) is 1.26. The first-order chi connectivity index (χ1) is 6.24. The van der Waals surface area contributed by atoms with Crippen LogP contribution in [0.3, 0.4) is 0 Å². The van der Waals surface area contributed by atoms with Crippen molar-refractivity contribution in [2.24, 2.45) is 0 Å². The second-order valence-electron chi connectivity index (χ2n) is 2.51. The van der Waals surface area contributed by atoms with Gasteiger partial charge in [0.25, 0.3) is 0 Å².